The lowest BCUT2D eigenvalue weighted by atomic mass is 10.0. The maximum Gasteiger partial charge on any atom is 0.203 e. The van der Waals surface area contributed by atoms with Crippen molar-refractivity contribution in [2.24, 2.45) is 0 Å². The van der Waals surface area contributed by atoms with Crippen LogP contribution in [0, 0.1) is 0 Å². The molecule has 3 heterocycles. The molecule has 1 aliphatic heterocycles. The number of methoxy groups -OCH3 is 6. The van der Waals surface area contributed by atoms with Crippen LogP contribution in [0.2, 0.25) is 0 Å². The van der Waals surface area contributed by atoms with Gasteiger partial charge in [0.25, 0.3) is 0 Å². The summed E-state index contributed by atoms with van der Waals surface area (Å²) in [7, 11) is 9.65. The molecule has 0 spiro atoms. The first-order valence-corrected chi connectivity index (χ1v) is 14.8. The lowest BCUT2D eigenvalue weighted by molar-refractivity contribution is -0.00393. The monoisotopic (exact) mass is 723 g/mol. The van der Waals surface area contributed by atoms with Gasteiger partial charge in [0.1, 0.15) is 0 Å². The summed E-state index contributed by atoms with van der Waals surface area (Å²) >= 11 is 0. The highest BCUT2D eigenvalue weighted by molar-refractivity contribution is 5.86. The van der Waals surface area contributed by atoms with E-state index in [9.17, 15) is 0 Å². The average Bonchev–Trinajstić information content (AvgIpc) is 3.10. The van der Waals surface area contributed by atoms with Crippen molar-refractivity contribution in [1.29, 1.82) is 0 Å². The Hall–Kier alpha value is -3.67. The van der Waals surface area contributed by atoms with Crippen LogP contribution in [-0.2, 0) is 17.9 Å². The fraction of sp³-hybridized carbons (Fsp3) is 0.371. The van der Waals surface area contributed by atoms with E-state index in [0.29, 0.717) is 41.1 Å². The van der Waals surface area contributed by atoms with Crippen molar-refractivity contribution >= 4 is 37.2 Å². The maximum absolute atomic E-state index is 6.37. The fourth-order valence-electron chi connectivity index (χ4n) is 5.68. The second kappa shape index (κ2) is 19.4. The first kappa shape index (κ1) is 40.5. The minimum Gasteiger partial charge on any atom is -0.493 e. The molecule has 0 unspecified atom stereocenters. The third-order valence-corrected chi connectivity index (χ3v) is 8.03. The van der Waals surface area contributed by atoms with Crippen molar-refractivity contribution in [2.45, 2.75) is 32.1 Å². The summed E-state index contributed by atoms with van der Waals surface area (Å²) in [6.07, 6.45) is 5.70. The van der Waals surface area contributed by atoms with Gasteiger partial charge in [0.15, 0.2) is 23.0 Å². The van der Waals surface area contributed by atoms with Gasteiger partial charge in [-0.25, -0.2) is 0 Å². The Labute approximate surface area is 301 Å². The van der Waals surface area contributed by atoms with Crippen LogP contribution < -0.4 is 28.4 Å². The van der Waals surface area contributed by atoms with Gasteiger partial charge in [0.2, 0.25) is 11.5 Å². The molecule has 2 aromatic carbocycles. The van der Waals surface area contributed by atoms with Gasteiger partial charge in [-0.15, -0.1) is 37.2 Å². The number of pyridine rings is 2. The molecular formula is C35H44Cl3N3O7. The third kappa shape index (κ3) is 9.27. The molecular weight excluding hydrogens is 681 g/mol. The van der Waals surface area contributed by atoms with Crippen LogP contribution >= 0.6 is 37.2 Å². The van der Waals surface area contributed by atoms with E-state index in [0.717, 1.165) is 66.1 Å². The topological polar surface area (TPSA) is 93.6 Å². The van der Waals surface area contributed by atoms with Crippen molar-refractivity contribution in [3.8, 4) is 57.0 Å². The van der Waals surface area contributed by atoms with E-state index in [1.54, 1.807) is 48.9 Å². The van der Waals surface area contributed by atoms with Crippen LogP contribution in [-0.4, -0.2) is 76.7 Å². The van der Waals surface area contributed by atoms with Crippen LogP contribution in [0.1, 0.15) is 24.0 Å². The summed E-state index contributed by atoms with van der Waals surface area (Å²) in [5.74, 6) is 3.49. The predicted molar refractivity (Wildman–Crippen MR) is 193 cm³/mol. The van der Waals surface area contributed by atoms with E-state index in [1.807, 2.05) is 48.7 Å². The molecule has 2 aromatic heterocycles. The van der Waals surface area contributed by atoms with Crippen molar-refractivity contribution in [2.75, 3.05) is 55.7 Å². The van der Waals surface area contributed by atoms with Gasteiger partial charge in [-0.1, -0.05) is 6.07 Å². The summed E-state index contributed by atoms with van der Waals surface area (Å²) in [5.41, 5.74) is 5.70. The second-order valence-corrected chi connectivity index (χ2v) is 10.7. The van der Waals surface area contributed by atoms with Crippen LogP contribution in [0.3, 0.4) is 0 Å². The Balaban J connectivity index is 0.00000267. The summed E-state index contributed by atoms with van der Waals surface area (Å²) in [6.45, 7) is 3.16. The number of hydrogen-bond acceptors (Lipinski definition) is 10. The number of benzene rings is 2. The van der Waals surface area contributed by atoms with E-state index < -0.39 is 0 Å². The molecule has 0 bridgehead atoms. The molecule has 1 saturated heterocycles. The number of aromatic nitrogens is 2. The Morgan fingerprint density at radius 2 is 1.19 bits per heavy atom. The number of rotatable bonds is 13. The molecule has 48 heavy (non-hydrogen) atoms. The van der Waals surface area contributed by atoms with E-state index in [-0.39, 0.29) is 43.3 Å². The highest BCUT2D eigenvalue weighted by atomic mass is 35.5. The number of hydrogen-bond donors (Lipinski definition) is 0. The van der Waals surface area contributed by atoms with Crippen molar-refractivity contribution < 1.29 is 33.2 Å². The van der Waals surface area contributed by atoms with Crippen LogP contribution in [0.15, 0.2) is 60.9 Å². The Morgan fingerprint density at radius 3 is 1.71 bits per heavy atom. The van der Waals surface area contributed by atoms with Crippen LogP contribution in [0.5, 0.6) is 34.5 Å². The Bertz CT molecular complexity index is 1550. The van der Waals surface area contributed by atoms with Crippen molar-refractivity contribution in [3.05, 3.63) is 72.1 Å². The molecule has 10 nitrogen and oxygen atoms in total. The summed E-state index contributed by atoms with van der Waals surface area (Å²) < 4.78 is 39.5. The molecule has 0 radical (unpaired) electrons. The smallest absolute Gasteiger partial charge is 0.203 e. The lowest BCUT2D eigenvalue weighted by Gasteiger charge is -2.32. The first-order valence-electron chi connectivity index (χ1n) is 14.8. The molecule has 1 aliphatic rings. The highest BCUT2D eigenvalue weighted by Crippen LogP contribution is 2.42. The lowest BCUT2D eigenvalue weighted by Crippen LogP contribution is -2.36. The molecule has 0 amide bonds. The van der Waals surface area contributed by atoms with Gasteiger partial charge in [0, 0.05) is 43.2 Å². The summed E-state index contributed by atoms with van der Waals surface area (Å²) in [4.78, 5) is 11.8. The van der Waals surface area contributed by atoms with E-state index in [1.165, 1.54) is 0 Å². The van der Waals surface area contributed by atoms with Gasteiger partial charge < -0.3 is 33.2 Å². The van der Waals surface area contributed by atoms with Crippen LogP contribution in [0.25, 0.3) is 22.5 Å². The van der Waals surface area contributed by atoms with E-state index in [2.05, 4.69) is 16.0 Å². The molecule has 0 aliphatic carbocycles. The first-order chi connectivity index (χ1) is 22.0. The quantitative estimate of drug-likeness (QED) is 0.140. The molecule has 5 rings (SSSR count). The van der Waals surface area contributed by atoms with Crippen molar-refractivity contribution in [3.63, 3.8) is 0 Å². The zero-order valence-electron chi connectivity index (χ0n) is 28.0. The van der Waals surface area contributed by atoms with E-state index in [4.69, 9.17) is 38.1 Å². The minimum absolute atomic E-state index is 0. The Kier molecular flexibility index (Phi) is 16.3. The summed E-state index contributed by atoms with van der Waals surface area (Å²) in [5, 5.41) is 0. The average molecular weight is 725 g/mol. The Morgan fingerprint density at radius 1 is 0.646 bits per heavy atom. The third-order valence-electron chi connectivity index (χ3n) is 8.03. The number of piperidine rings is 1. The predicted octanol–water partition coefficient (Wildman–Crippen LogP) is 7.31. The SMILES string of the molecule is COc1cc(-c2cc(COC3CCN(Cc4cccnc4-c4cc(OC)c(OC)c(OC)c4)CC3)ccn2)cc(OC)c1OC.Cl.Cl.Cl. The molecule has 0 saturated carbocycles. The zero-order valence-corrected chi connectivity index (χ0v) is 30.5. The summed E-state index contributed by atoms with van der Waals surface area (Å²) in [6, 6.07) is 15.8. The molecule has 1 fully saturated rings. The highest BCUT2D eigenvalue weighted by Gasteiger charge is 2.23. The fourth-order valence-corrected chi connectivity index (χ4v) is 5.68. The van der Waals surface area contributed by atoms with E-state index >= 15 is 0 Å². The number of nitrogens with zero attached hydrogens (tertiary/aromatic N) is 3. The van der Waals surface area contributed by atoms with Gasteiger partial charge in [0.05, 0.1) is 66.8 Å². The number of halogens is 3. The molecule has 13 heteroatoms. The zero-order chi connectivity index (χ0) is 31.8. The molecule has 4 aromatic rings. The number of likely N-dealkylation sites (tertiary alicyclic amines) is 1. The minimum atomic E-state index is 0. The number of ether oxygens (including phenoxy) is 7. The normalized spacial score (nSPS) is 12.9. The molecule has 0 N–H and O–H groups in total. The maximum atomic E-state index is 6.37. The molecule has 0 atom stereocenters. The van der Waals surface area contributed by atoms with Crippen molar-refractivity contribution in [1.82, 2.24) is 14.9 Å². The van der Waals surface area contributed by atoms with Crippen LogP contribution in [0.4, 0.5) is 0 Å². The van der Waals surface area contributed by atoms with Gasteiger partial charge in [-0.2, -0.15) is 0 Å². The van der Waals surface area contributed by atoms with Gasteiger partial charge in [-0.05, 0) is 66.4 Å². The standard InChI is InChI=1S/C35H41N3O7.3ClH/c1-39-29-17-25(18-30(40-2)34(29)43-5)28-16-23(9-13-36-28)22-45-27-10-14-38(15-11-27)21-24-8-7-12-37-33(24)26-19-31(41-3)35(44-6)32(20-26)42-4;;;/h7-9,12-13,16-20,27H,10-11,14-15,21-22H2,1-6H3;3*1H. The second-order valence-electron chi connectivity index (χ2n) is 10.7. The van der Waals surface area contributed by atoms with Gasteiger partial charge >= 0.3 is 0 Å². The largest absolute Gasteiger partial charge is 0.493 e. The van der Waals surface area contributed by atoms with Gasteiger partial charge in [-0.3, -0.25) is 14.9 Å². The molecule has 262 valence electrons.